The smallest absolute Gasteiger partial charge is 0.220 e. The minimum Gasteiger partial charge on any atom is -0.354 e. The molecule has 138 valence electrons. The molecule has 1 aromatic rings. The number of rotatable bonds is 7. The average molecular weight is 345 g/mol. The fraction of sp³-hybridized carbons (Fsp3) is 0.600. The SMILES string of the molecule is CN=C(NCCNC(=O)CC1CCCCC1)N(C)Cc1ccccc1. The van der Waals surface area contributed by atoms with Crippen LogP contribution in [0.4, 0.5) is 0 Å². The van der Waals surface area contributed by atoms with Crippen molar-refractivity contribution in [3.63, 3.8) is 0 Å². The molecule has 0 heterocycles. The van der Waals surface area contributed by atoms with Crippen LogP contribution in [0, 0.1) is 5.92 Å². The molecule has 0 saturated heterocycles. The van der Waals surface area contributed by atoms with E-state index in [0.29, 0.717) is 25.4 Å². The lowest BCUT2D eigenvalue weighted by Gasteiger charge is -2.23. The highest BCUT2D eigenvalue weighted by atomic mass is 16.1. The largest absolute Gasteiger partial charge is 0.354 e. The van der Waals surface area contributed by atoms with Crippen LogP contribution < -0.4 is 10.6 Å². The van der Waals surface area contributed by atoms with Gasteiger partial charge in [0.1, 0.15) is 0 Å². The molecule has 0 radical (unpaired) electrons. The Balaban J connectivity index is 1.64. The Morgan fingerprint density at radius 3 is 2.48 bits per heavy atom. The Labute approximate surface area is 151 Å². The summed E-state index contributed by atoms with van der Waals surface area (Å²) >= 11 is 0. The maximum Gasteiger partial charge on any atom is 0.220 e. The second-order valence-electron chi connectivity index (χ2n) is 6.87. The van der Waals surface area contributed by atoms with E-state index >= 15 is 0 Å². The van der Waals surface area contributed by atoms with Gasteiger partial charge in [0.2, 0.25) is 5.91 Å². The van der Waals surface area contributed by atoms with Gasteiger partial charge < -0.3 is 15.5 Å². The van der Waals surface area contributed by atoms with E-state index in [0.717, 1.165) is 12.5 Å². The Hall–Kier alpha value is -2.04. The predicted octanol–water partition coefficient (Wildman–Crippen LogP) is 2.78. The van der Waals surface area contributed by atoms with Gasteiger partial charge in [-0.15, -0.1) is 0 Å². The molecule has 0 atom stereocenters. The van der Waals surface area contributed by atoms with E-state index in [2.05, 4.69) is 32.7 Å². The highest BCUT2D eigenvalue weighted by molar-refractivity contribution is 5.80. The summed E-state index contributed by atoms with van der Waals surface area (Å²) in [6.45, 7) is 2.11. The second-order valence-corrected chi connectivity index (χ2v) is 6.87. The third-order valence-electron chi connectivity index (χ3n) is 4.77. The van der Waals surface area contributed by atoms with Crippen LogP contribution in [-0.2, 0) is 11.3 Å². The molecule has 0 aromatic heterocycles. The molecule has 1 amide bonds. The summed E-state index contributed by atoms with van der Waals surface area (Å²) in [5.41, 5.74) is 1.24. The number of nitrogens with one attached hydrogen (secondary N) is 2. The molecular formula is C20H32N4O. The zero-order valence-corrected chi connectivity index (χ0v) is 15.6. The van der Waals surface area contributed by atoms with Crippen LogP contribution in [0.2, 0.25) is 0 Å². The lowest BCUT2D eigenvalue weighted by Crippen LogP contribution is -2.42. The van der Waals surface area contributed by atoms with Crippen LogP contribution >= 0.6 is 0 Å². The number of hydrogen-bond acceptors (Lipinski definition) is 2. The van der Waals surface area contributed by atoms with Gasteiger partial charge in [0.25, 0.3) is 0 Å². The first kappa shape index (κ1) is 19.3. The van der Waals surface area contributed by atoms with Gasteiger partial charge in [0, 0.05) is 40.2 Å². The van der Waals surface area contributed by atoms with Gasteiger partial charge in [0.05, 0.1) is 0 Å². The van der Waals surface area contributed by atoms with Crippen molar-refractivity contribution < 1.29 is 4.79 Å². The van der Waals surface area contributed by atoms with E-state index < -0.39 is 0 Å². The maximum absolute atomic E-state index is 12.0. The van der Waals surface area contributed by atoms with Gasteiger partial charge in [-0.2, -0.15) is 0 Å². The average Bonchev–Trinajstić information content (AvgIpc) is 2.63. The number of hydrogen-bond donors (Lipinski definition) is 2. The molecule has 2 rings (SSSR count). The summed E-state index contributed by atoms with van der Waals surface area (Å²) in [5, 5.41) is 6.33. The molecule has 1 aliphatic rings. The van der Waals surface area contributed by atoms with Crippen LogP contribution in [0.5, 0.6) is 0 Å². The molecule has 1 saturated carbocycles. The summed E-state index contributed by atoms with van der Waals surface area (Å²) in [5.74, 6) is 1.61. The van der Waals surface area contributed by atoms with E-state index in [1.807, 2.05) is 25.2 Å². The Kier molecular flexibility index (Phi) is 8.29. The molecular weight excluding hydrogens is 312 g/mol. The fourth-order valence-electron chi connectivity index (χ4n) is 3.42. The first-order valence-electron chi connectivity index (χ1n) is 9.41. The zero-order valence-electron chi connectivity index (χ0n) is 15.6. The van der Waals surface area contributed by atoms with E-state index in [4.69, 9.17) is 0 Å². The number of carbonyl (C=O) groups excluding carboxylic acids is 1. The molecule has 1 aromatic carbocycles. The minimum atomic E-state index is 0.182. The highest BCUT2D eigenvalue weighted by Crippen LogP contribution is 2.25. The third kappa shape index (κ3) is 7.16. The molecule has 5 nitrogen and oxygen atoms in total. The molecule has 25 heavy (non-hydrogen) atoms. The number of benzene rings is 1. The van der Waals surface area contributed by atoms with Crippen molar-refractivity contribution in [3.8, 4) is 0 Å². The van der Waals surface area contributed by atoms with Crippen molar-refractivity contribution in [3.05, 3.63) is 35.9 Å². The summed E-state index contributed by atoms with van der Waals surface area (Å²) in [7, 11) is 3.80. The summed E-state index contributed by atoms with van der Waals surface area (Å²) < 4.78 is 0. The molecule has 2 N–H and O–H groups in total. The van der Waals surface area contributed by atoms with Crippen molar-refractivity contribution in [2.45, 2.75) is 45.1 Å². The first-order chi connectivity index (χ1) is 12.2. The maximum atomic E-state index is 12.0. The quantitative estimate of drug-likeness (QED) is 0.454. The van der Waals surface area contributed by atoms with Crippen LogP contribution in [0.25, 0.3) is 0 Å². The number of guanidine groups is 1. The zero-order chi connectivity index (χ0) is 17.9. The highest BCUT2D eigenvalue weighted by Gasteiger charge is 2.16. The summed E-state index contributed by atoms with van der Waals surface area (Å²) in [6.07, 6.45) is 7.00. The minimum absolute atomic E-state index is 0.182. The van der Waals surface area contributed by atoms with Crippen LogP contribution in [0.3, 0.4) is 0 Å². The number of nitrogens with zero attached hydrogens (tertiary/aromatic N) is 2. The standard InChI is InChI=1S/C20H32N4O/c1-21-20(24(2)16-18-11-7-4-8-12-18)23-14-13-22-19(25)15-17-9-5-3-6-10-17/h4,7-8,11-12,17H,3,5-6,9-10,13-16H2,1-2H3,(H,21,23)(H,22,25). The van der Waals surface area contributed by atoms with E-state index in [-0.39, 0.29) is 5.91 Å². The van der Waals surface area contributed by atoms with E-state index in [1.54, 1.807) is 7.05 Å². The van der Waals surface area contributed by atoms with Crippen molar-refractivity contribution in [1.82, 2.24) is 15.5 Å². The Morgan fingerprint density at radius 1 is 1.12 bits per heavy atom. The van der Waals surface area contributed by atoms with Crippen molar-refractivity contribution in [2.24, 2.45) is 10.9 Å². The first-order valence-corrected chi connectivity index (χ1v) is 9.41. The van der Waals surface area contributed by atoms with Crippen LogP contribution in [-0.4, -0.2) is 44.0 Å². The lowest BCUT2D eigenvalue weighted by atomic mass is 9.87. The lowest BCUT2D eigenvalue weighted by molar-refractivity contribution is -0.122. The number of aliphatic imine (C=N–C) groups is 1. The van der Waals surface area contributed by atoms with Gasteiger partial charge in [-0.25, -0.2) is 0 Å². The number of carbonyl (C=O) groups is 1. The fourth-order valence-corrected chi connectivity index (χ4v) is 3.42. The molecule has 0 unspecified atom stereocenters. The molecule has 0 spiro atoms. The van der Waals surface area contributed by atoms with Crippen LogP contribution in [0.15, 0.2) is 35.3 Å². The second kappa shape index (κ2) is 10.7. The monoisotopic (exact) mass is 344 g/mol. The van der Waals surface area contributed by atoms with Gasteiger partial charge in [-0.05, 0) is 24.3 Å². The van der Waals surface area contributed by atoms with Crippen molar-refractivity contribution in [2.75, 3.05) is 27.2 Å². The molecule has 0 aliphatic heterocycles. The third-order valence-corrected chi connectivity index (χ3v) is 4.77. The van der Waals surface area contributed by atoms with E-state index in [1.165, 1.54) is 37.7 Å². The molecule has 0 bridgehead atoms. The van der Waals surface area contributed by atoms with Crippen molar-refractivity contribution in [1.29, 1.82) is 0 Å². The topological polar surface area (TPSA) is 56.7 Å². The van der Waals surface area contributed by atoms with Gasteiger partial charge in [-0.3, -0.25) is 9.79 Å². The van der Waals surface area contributed by atoms with Crippen molar-refractivity contribution >= 4 is 11.9 Å². The van der Waals surface area contributed by atoms with Gasteiger partial charge in [0.15, 0.2) is 5.96 Å². The van der Waals surface area contributed by atoms with Gasteiger partial charge >= 0.3 is 0 Å². The Bertz CT molecular complexity index is 538. The van der Waals surface area contributed by atoms with E-state index in [9.17, 15) is 4.79 Å². The Morgan fingerprint density at radius 2 is 1.80 bits per heavy atom. The number of amides is 1. The summed E-state index contributed by atoms with van der Waals surface area (Å²) in [6, 6.07) is 10.3. The normalized spacial score (nSPS) is 15.7. The molecule has 1 aliphatic carbocycles. The predicted molar refractivity (Wildman–Crippen MR) is 103 cm³/mol. The van der Waals surface area contributed by atoms with Gasteiger partial charge in [-0.1, -0.05) is 49.6 Å². The molecule has 1 fully saturated rings. The van der Waals surface area contributed by atoms with Crippen LogP contribution in [0.1, 0.15) is 44.1 Å². The molecule has 5 heteroatoms. The summed E-state index contributed by atoms with van der Waals surface area (Å²) in [4.78, 5) is 18.4.